The van der Waals surface area contributed by atoms with Gasteiger partial charge >= 0.3 is 0 Å². The van der Waals surface area contributed by atoms with E-state index >= 15 is 0 Å². The quantitative estimate of drug-likeness (QED) is 0.437. The van der Waals surface area contributed by atoms with Crippen molar-refractivity contribution in [2.75, 3.05) is 33.4 Å². The van der Waals surface area contributed by atoms with Gasteiger partial charge in [-0.05, 0) is 19.3 Å². The molecule has 6 nitrogen and oxygen atoms in total. The van der Waals surface area contributed by atoms with E-state index in [0.29, 0.717) is 19.6 Å². The van der Waals surface area contributed by atoms with Crippen LogP contribution < -0.4 is 9.44 Å². The summed E-state index contributed by atoms with van der Waals surface area (Å²) >= 11 is 0. The zero-order valence-corrected chi connectivity index (χ0v) is 9.85. The van der Waals surface area contributed by atoms with E-state index in [1.54, 1.807) is 0 Å². The summed E-state index contributed by atoms with van der Waals surface area (Å²) in [5, 5.41) is 8.50. The summed E-state index contributed by atoms with van der Waals surface area (Å²) in [7, 11) is -1.87. The van der Waals surface area contributed by atoms with Gasteiger partial charge in [0.05, 0.1) is 6.61 Å². The smallest absolute Gasteiger partial charge is 0.276 e. The van der Waals surface area contributed by atoms with Gasteiger partial charge in [-0.3, -0.25) is 0 Å². The zero-order valence-electron chi connectivity index (χ0n) is 9.03. The minimum Gasteiger partial charge on any atom is -0.396 e. The molecule has 0 unspecified atom stereocenters. The highest BCUT2D eigenvalue weighted by Gasteiger charge is 2.06. The largest absolute Gasteiger partial charge is 0.396 e. The second-order valence-corrected chi connectivity index (χ2v) is 4.65. The first-order valence-electron chi connectivity index (χ1n) is 4.96. The molecule has 0 saturated heterocycles. The third-order valence-electron chi connectivity index (χ3n) is 1.73. The molecule has 7 heteroatoms. The van der Waals surface area contributed by atoms with Gasteiger partial charge in [0.15, 0.2) is 0 Å². The van der Waals surface area contributed by atoms with Crippen LogP contribution in [0.5, 0.6) is 0 Å². The lowest BCUT2D eigenvalue weighted by Crippen LogP contribution is -2.38. The molecule has 0 rings (SSSR count). The third-order valence-corrected chi connectivity index (χ3v) is 2.89. The molecule has 0 aliphatic heterocycles. The fraction of sp³-hybridized carbons (Fsp3) is 1.00. The molecule has 0 aromatic carbocycles. The number of nitrogens with one attached hydrogen (secondary N) is 2. The third kappa shape index (κ3) is 10.1. The van der Waals surface area contributed by atoms with Crippen molar-refractivity contribution >= 4 is 10.2 Å². The Balaban J connectivity index is 3.47. The van der Waals surface area contributed by atoms with Crippen molar-refractivity contribution < 1.29 is 18.3 Å². The summed E-state index contributed by atoms with van der Waals surface area (Å²) in [6.07, 6.45) is 2.25. The van der Waals surface area contributed by atoms with Gasteiger partial charge in [-0.25, -0.2) is 4.72 Å². The number of aliphatic hydroxyl groups is 1. The number of hydrogen-bond donors (Lipinski definition) is 3. The maximum absolute atomic E-state index is 11.2. The van der Waals surface area contributed by atoms with Crippen molar-refractivity contribution in [3.05, 3.63) is 0 Å². The molecule has 0 aliphatic rings. The van der Waals surface area contributed by atoms with E-state index in [-0.39, 0.29) is 13.2 Å². The second kappa shape index (κ2) is 9.05. The molecule has 0 fully saturated rings. The van der Waals surface area contributed by atoms with Gasteiger partial charge in [-0.15, -0.1) is 0 Å². The highest BCUT2D eigenvalue weighted by Crippen LogP contribution is 1.92. The molecule has 0 radical (unpaired) electrons. The average Bonchev–Trinajstić information content (AvgIpc) is 2.17. The van der Waals surface area contributed by atoms with Crippen molar-refractivity contribution in [1.29, 1.82) is 0 Å². The summed E-state index contributed by atoms with van der Waals surface area (Å²) in [6.45, 7) is 1.16. The molecule has 0 amide bonds. The van der Waals surface area contributed by atoms with Gasteiger partial charge in [0.25, 0.3) is 10.2 Å². The van der Waals surface area contributed by atoms with Crippen molar-refractivity contribution in [2.45, 2.75) is 19.3 Å². The zero-order chi connectivity index (χ0) is 11.6. The highest BCUT2D eigenvalue weighted by molar-refractivity contribution is 7.87. The fourth-order valence-corrected chi connectivity index (χ4v) is 1.82. The second-order valence-electron chi connectivity index (χ2n) is 3.07. The van der Waals surface area contributed by atoms with Crippen LogP contribution in [0.25, 0.3) is 0 Å². The Morgan fingerprint density at radius 3 is 2.40 bits per heavy atom. The Hall–Kier alpha value is -0.210. The summed E-state index contributed by atoms with van der Waals surface area (Å²) in [6, 6.07) is 0. The summed E-state index contributed by atoms with van der Waals surface area (Å²) in [4.78, 5) is 0. The standard InChI is InChI=1S/C8H20N2O4S/c1-14-8-6-10-15(12,13)9-5-3-2-4-7-11/h9-11H,2-8H2,1H3. The molecule has 0 bridgehead atoms. The van der Waals surface area contributed by atoms with E-state index < -0.39 is 10.2 Å². The Kier molecular flexibility index (Phi) is 8.92. The van der Waals surface area contributed by atoms with E-state index in [9.17, 15) is 8.42 Å². The van der Waals surface area contributed by atoms with Crippen molar-refractivity contribution in [3.63, 3.8) is 0 Å². The molecule has 0 aliphatic carbocycles. The molecule has 0 spiro atoms. The van der Waals surface area contributed by atoms with Crippen molar-refractivity contribution in [2.24, 2.45) is 0 Å². The van der Waals surface area contributed by atoms with Crippen LogP contribution in [0.1, 0.15) is 19.3 Å². The first-order valence-corrected chi connectivity index (χ1v) is 6.45. The van der Waals surface area contributed by atoms with E-state index in [1.165, 1.54) is 7.11 Å². The molecule has 0 heterocycles. The Morgan fingerprint density at radius 2 is 1.80 bits per heavy atom. The van der Waals surface area contributed by atoms with Gasteiger partial charge < -0.3 is 9.84 Å². The fourth-order valence-electron chi connectivity index (χ4n) is 0.949. The van der Waals surface area contributed by atoms with Crippen LogP contribution in [0.2, 0.25) is 0 Å². The van der Waals surface area contributed by atoms with E-state index in [0.717, 1.165) is 12.8 Å². The van der Waals surface area contributed by atoms with E-state index in [1.807, 2.05) is 0 Å². The first kappa shape index (κ1) is 14.8. The monoisotopic (exact) mass is 240 g/mol. The van der Waals surface area contributed by atoms with Crippen molar-refractivity contribution in [3.8, 4) is 0 Å². The maximum atomic E-state index is 11.2. The molecule has 15 heavy (non-hydrogen) atoms. The van der Waals surface area contributed by atoms with Crippen LogP contribution in [0, 0.1) is 0 Å². The Bertz CT molecular complexity index is 231. The van der Waals surface area contributed by atoms with Gasteiger partial charge in [0.1, 0.15) is 0 Å². The number of methoxy groups -OCH3 is 1. The van der Waals surface area contributed by atoms with Crippen LogP contribution in [-0.2, 0) is 14.9 Å². The highest BCUT2D eigenvalue weighted by atomic mass is 32.2. The van der Waals surface area contributed by atoms with Gasteiger partial charge in [0, 0.05) is 26.8 Å². The molecule has 0 saturated carbocycles. The Morgan fingerprint density at radius 1 is 1.13 bits per heavy atom. The van der Waals surface area contributed by atoms with Crippen LogP contribution in [-0.4, -0.2) is 46.9 Å². The molecular formula is C8H20N2O4S. The van der Waals surface area contributed by atoms with Crippen LogP contribution in [0.15, 0.2) is 0 Å². The lowest BCUT2D eigenvalue weighted by Gasteiger charge is -2.07. The molecule has 0 aromatic rings. The van der Waals surface area contributed by atoms with Gasteiger partial charge in [-0.2, -0.15) is 13.1 Å². The average molecular weight is 240 g/mol. The molecule has 0 atom stereocenters. The predicted molar refractivity (Wildman–Crippen MR) is 57.7 cm³/mol. The van der Waals surface area contributed by atoms with Gasteiger partial charge in [-0.1, -0.05) is 0 Å². The van der Waals surface area contributed by atoms with Gasteiger partial charge in [0.2, 0.25) is 0 Å². The number of ether oxygens (including phenoxy) is 1. The number of hydrogen-bond acceptors (Lipinski definition) is 4. The summed E-state index contributed by atoms with van der Waals surface area (Å²) < 4.78 is 31.9. The predicted octanol–water partition coefficient (Wildman–Crippen LogP) is -0.781. The number of unbranched alkanes of at least 4 members (excludes halogenated alkanes) is 2. The minimum absolute atomic E-state index is 0.152. The minimum atomic E-state index is -3.38. The van der Waals surface area contributed by atoms with Crippen LogP contribution in [0.3, 0.4) is 0 Å². The van der Waals surface area contributed by atoms with E-state index in [4.69, 9.17) is 9.84 Å². The summed E-state index contributed by atoms with van der Waals surface area (Å²) in [5.41, 5.74) is 0. The number of rotatable bonds is 10. The van der Waals surface area contributed by atoms with Crippen molar-refractivity contribution in [1.82, 2.24) is 9.44 Å². The normalized spacial score (nSPS) is 11.9. The lowest BCUT2D eigenvalue weighted by atomic mass is 10.2. The molecule has 0 aromatic heterocycles. The van der Waals surface area contributed by atoms with E-state index in [2.05, 4.69) is 9.44 Å². The lowest BCUT2D eigenvalue weighted by molar-refractivity contribution is 0.204. The number of aliphatic hydroxyl groups excluding tert-OH is 1. The topological polar surface area (TPSA) is 87.7 Å². The summed E-state index contributed by atoms with van der Waals surface area (Å²) in [5.74, 6) is 0. The molecular weight excluding hydrogens is 220 g/mol. The maximum Gasteiger partial charge on any atom is 0.276 e. The molecule has 92 valence electrons. The Labute approximate surface area is 91.2 Å². The van der Waals surface area contributed by atoms with Crippen LogP contribution >= 0.6 is 0 Å². The van der Waals surface area contributed by atoms with Crippen LogP contribution in [0.4, 0.5) is 0 Å². The first-order chi connectivity index (χ1) is 7.12. The SMILES string of the molecule is COCCNS(=O)(=O)NCCCCCO. The molecule has 3 N–H and O–H groups in total.